The first-order valence-corrected chi connectivity index (χ1v) is 6.80. The molecular formula is C15H13FN2O4. The van der Waals surface area contributed by atoms with Crippen LogP contribution in [0.15, 0.2) is 35.7 Å². The SMILES string of the molecule is O=C(O)C[C@@H]1C(=O)N2CCNC2=C1C(=O)c1ccc(F)cc1. The number of Topliss-reactive ketones (excluding diaryl/α,β-unsaturated/α-hetero) is 1. The quantitative estimate of drug-likeness (QED) is 0.802. The predicted molar refractivity (Wildman–Crippen MR) is 73.2 cm³/mol. The molecule has 6 nitrogen and oxygen atoms in total. The smallest absolute Gasteiger partial charge is 0.304 e. The minimum absolute atomic E-state index is 0.150. The van der Waals surface area contributed by atoms with Crippen molar-refractivity contribution in [1.29, 1.82) is 0 Å². The maximum atomic E-state index is 13.0. The normalized spacial score (nSPS) is 20.1. The van der Waals surface area contributed by atoms with E-state index in [-0.39, 0.29) is 17.0 Å². The van der Waals surface area contributed by atoms with Gasteiger partial charge in [0.05, 0.1) is 17.9 Å². The number of nitrogens with zero attached hydrogens (tertiary/aromatic N) is 1. The maximum absolute atomic E-state index is 13.0. The molecule has 1 atom stereocenters. The van der Waals surface area contributed by atoms with Crippen molar-refractivity contribution in [3.8, 4) is 0 Å². The molecule has 0 aliphatic carbocycles. The van der Waals surface area contributed by atoms with Gasteiger partial charge in [-0.25, -0.2) is 4.39 Å². The summed E-state index contributed by atoms with van der Waals surface area (Å²) < 4.78 is 13.0. The lowest BCUT2D eigenvalue weighted by Gasteiger charge is -2.12. The van der Waals surface area contributed by atoms with Crippen LogP contribution in [0.2, 0.25) is 0 Å². The number of fused-ring (bicyclic) bond motifs is 1. The second-order valence-corrected chi connectivity index (χ2v) is 5.17. The van der Waals surface area contributed by atoms with Crippen molar-refractivity contribution < 1.29 is 23.9 Å². The van der Waals surface area contributed by atoms with Crippen molar-refractivity contribution in [2.24, 2.45) is 5.92 Å². The number of amides is 1. The summed E-state index contributed by atoms with van der Waals surface area (Å²) >= 11 is 0. The molecule has 1 aromatic rings. The molecule has 0 aromatic heterocycles. The first kappa shape index (κ1) is 14.2. The van der Waals surface area contributed by atoms with Crippen LogP contribution in [0.25, 0.3) is 0 Å². The van der Waals surface area contributed by atoms with E-state index in [1.54, 1.807) is 0 Å². The molecule has 2 aliphatic heterocycles. The fourth-order valence-electron chi connectivity index (χ4n) is 2.82. The molecule has 0 saturated carbocycles. The number of nitrogens with one attached hydrogen (secondary N) is 1. The fraction of sp³-hybridized carbons (Fsp3) is 0.267. The van der Waals surface area contributed by atoms with Crippen molar-refractivity contribution in [3.63, 3.8) is 0 Å². The van der Waals surface area contributed by atoms with Gasteiger partial charge in [0.1, 0.15) is 11.6 Å². The van der Waals surface area contributed by atoms with E-state index >= 15 is 0 Å². The second-order valence-electron chi connectivity index (χ2n) is 5.17. The van der Waals surface area contributed by atoms with E-state index in [0.717, 1.165) is 12.1 Å². The monoisotopic (exact) mass is 304 g/mol. The van der Waals surface area contributed by atoms with Gasteiger partial charge in [0, 0.05) is 18.7 Å². The van der Waals surface area contributed by atoms with Crippen LogP contribution in [0.3, 0.4) is 0 Å². The standard InChI is InChI=1S/C15H13FN2O4/c16-9-3-1-8(2-4-9)13(21)12-10(7-11(19)20)15(22)18-6-5-17-14(12)18/h1-4,10,17H,5-7H2,(H,19,20)/t10-/m0/s1. The Morgan fingerprint density at radius 3 is 2.64 bits per heavy atom. The molecule has 1 saturated heterocycles. The molecule has 7 heteroatoms. The van der Waals surface area contributed by atoms with E-state index in [2.05, 4.69) is 5.32 Å². The number of aliphatic carboxylic acids is 1. The Morgan fingerprint density at radius 2 is 2.00 bits per heavy atom. The van der Waals surface area contributed by atoms with Crippen molar-refractivity contribution in [3.05, 3.63) is 47.0 Å². The van der Waals surface area contributed by atoms with E-state index in [0.29, 0.717) is 18.9 Å². The third kappa shape index (κ3) is 2.24. The number of carboxylic acid groups (broad SMARTS) is 1. The molecule has 3 rings (SSSR count). The summed E-state index contributed by atoms with van der Waals surface area (Å²) in [6.07, 6.45) is -0.442. The van der Waals surface area contributed by atoms with Gasteiger partial charge in [0.15, 0.2) is 5.78 Å². The largest absolute Gasteiger partial charge is 0.481 e. The Bertz CT molecular complexity index is 696. The number of hydrogen-bond donors (Lipinski definition) is 2. The van der Waals surface area contributed by atoms with Crippen LogP contribution in [0.5, 0.6) is 0 Å². The maximum Gasteiger partial charge on any atom is 0.304 e. The molecule has 0 bridgehead atoms. The lowest BCUT2D eigenvalue weighted by Crippen LogP contribution is -2.29. The van der Waals surface area contributed by atoms with Crippen LogP contribution in [-0.2, 0) is 9.59 Å². The van der Waals surface area contributed by atoms with Crippen LogP contribution < -0.4 is 5.32 Å². The van der Waals surface area contributed by atoms with Crippen molar-refractivity contribution in [2.45, 2.75) is 6.42 Å². The number of ketones is 1. The summed E-state index contributed by atoms with van der Waals surface area (Å²) in [6, 6.07) is 4.96. The summed E-state index contributed by atoms with van der Waals surface area (Å²) in [4.78, 5) is 37.3. The van der Waals surface area contributed by atoms with Crippen LogP contribution >= 0.6 is 0 Å². The Balaban J connectivity index is 2.02. The average Bonchev–Trinajstić information content (AvgIpc) is 3.03. The van der Waals surface area contributed by atoms with Gasteiger partial charge < -0.3 is 10.4 Å². The minimum Gasteiger partial charge on any atom is -0.481 e. The minimum atomic E-state index is -1.15. The summed E-state index contributed by atoms with van der Waals surface area (Å²) in [5.41, 5.74) is 0.374. The zero-order chi connectivity index (χ0) is 15.9. The first-order chi connectivity index (χ1) is 10.5. The summed E-state index contributed by atoms with van der Waals surface area (Å²) in [7, 11) is 0. The van der Waals surface area contributed by atoms with Gasteiger partial charge in [-0.15, -0.1) is 0 Å². The van der Waals surface area contributed by atoms with Crippen LogP contribution in [0, 0.1) is 11.7 Å². The summed E-state index contributed by atoms with van der Waals surface area (Å²) in [5, 5.41) is 11.9. The van der Waals surface area contributed by atoms with E-state index < -0.39 is 29.9 Å². The highest BCUT2D eigenvalue weighted by atomic mass is 19.1. The van der Waals surface area contributed by atoms with Gasteiger partial charge in [-0.3, -0.25) is 19.3 Å². The summed E-state index contributed by atoms with van der Waals surface area (Å²) in [6.45, 7) is 0.922. The number of halogens is 1. The van der Waals surface area contributed by atoms with Crippen molar-refractivity contribution in [1.82, 2.24) is 10.2 Å². The fourth-order valence-corrected chi connectivity index (χ4v) is 2.82. The molecule has 0 spiro atoms. The van der Waals surface area contributed by atoms with Gasteiger partial charge in [0.2, 0.25) is 5.91 Å². The van der Waals surface area contributed by atoms with Gasteiger partial charge in [-0.1, -0.05) is 0 Å². The van der Waals surface area contributed by atoms with Crippen molar-refractivity contribution in [2.75, 3.05) is 13.1 Å². The predicted octanol–water partition coefficient (Wildman–Crippen LogP) is 0.756. The molecular weight excluding hydrogens is 291 g/mol. The molecule has 1 amide bonds. The first-order valence-electron chi connectivity index (χ1n) is 6.80. The highest BCUT2D eigenvalue weighted by Gasteiger charge is 2.45. The van der Waals surface area contributed by atoms with Crippen LogP contribution in [0.4, 0.5) is 4.39 Å². The topological polar surface area (TPSA) is 86.7 Å². The van der Waals surface area contributed by atoms with Gasteiger partial charge >= 0.3 is 5.97 Å². The Morgan fingerprint density at radius 1 is 1.32 bits per heavy atom. The molecule has 114 valence electrons. The number of carboxylic acids is 1. The molecule has 1 fully saturated rings. The zero-order valence-corrected chi connectivity index (χ0v) is 11.5. The number of carbonyl (C=O) groups is 3. The van der Waals surface area contributed by atoms with Gasteiger partial charge in [0.25, 0.3) is 0 Å². The Kier molecular flexibility index (Phi) is 3.40. The second kappa shape index (κ2) is 5.25. The number of carbonyl (C=O) groups excluding carboxylic acids is 2. The van der Waals surface area contributed by atoms with E-state index in [4.69, 9.17) is 5.11 Å². The lowest BCUT2D eigenvalue weighted by atomic mass is 9.91. The average molecular weight is 304 g/mol. The molecule has 0 radical (unpaired) electrons. The Hall–Kier alpha value is -2.70. The van der Waals surface area contributed by atoms with E-state index in [9.17, 15) is 18.8 Å². The molecule has 2 N–H and O–H groups in total. The van der Waals surface area contributed by atoms with E-state index in [1.165, 1.54) is 17.0 Å². The molecule has 2 aliphatic rings. The van der Waals surface area contributed by atoms with Crippen molar-refractivity contribution >= 4 is 17.7 Å². The number of rotatable bonds is 4. The summed E-state index contributed by atoms with van der Waals surface area (Å²) in [5.74, 6) is -3.08. The highest BCUT2D eigenvalue weighted by molar-refractivity contribution is 6.15. The molecule has 22 heavy (non-hydrogen) atoms. The van der Waals surface area contributed by atoms with Gasteiger partial charge in [-0.05, 0) is 24.3 Å². The molecule has 1 aromatic carbocycles. The highest BCUT2D eigenvalue weighted by Crippen LogP contribution is 2.34. The third-order valence-electron chi connectivity index (χ3n) is 3.80. The number of benzene rings is 1. The van der Waals surface area contributed by atoms with Crippen LogP contribution in [-0.4, -0.2) is 40.8 Å². The number of hydrogen-bond acceptors (Lipinski definition) is 4. The van der Waals surface area contributed by atoms with Gasteiger partial charge in [-0.2, -0.15) is 0 Å². The molecule has 0 unspecified atom stereocenters. The Labute approximate surface area is 125 Å². The third-order valence-corrected chi connectivity index (χ3v) is 3.80. The molecule has 2 heterocycles. The van der Waals surface area contributed by atoms with Crippen LogP contribution in [0.1, 0.15) is 16.8 Å². The lowest BCUT2D eigenvalue weighted by molar-refractivity contribution is -0.141. The van der Waals surface area contributed by atoms with E-state index in [1.807, 2.05) is 0 Å². The zero-order valence-electron chi connectivity index (χ0n) is 11.5.